The molecule has 0 atom stereocenters. The van der Waals surface area contributed by atoms with Crippen LogP contribution in [-0.2, 0) is 10.5 Å². The van der Waals surface area contributed by atoms with Gasteiger partial charge in [-0.25, -0.2) is 4.98 Å². The smallest absolute Gasteiger partial charge is 0.251 e. The molecule has 5 nitrogen and oxygen atoms in total. The molecule has 1 heterocycles. The first-order valence-electron chi connectivity index (χ1n) is 8.78. The maximum atomic E-state index is 12.3. The fourth-order valence-electron chi connectivity index (χ4n) is 2.62. The Labute approximate surface area is 172 Å². The van der Waals surface area contributed by atoms with Crippen LogP contribution in [0, 0.1) is 13.8 Å². The van der Waals surface area contributed by atoms with E-state index >= 15 is 0 Å². The van der Waals surface area contributed by atoms with E-state index in [1.54, 1.807) is 11.8 Å². The largest absolute Gasteiger partial charge is 0.325 e. The molecule has 2 aromatic carbocycles. The molecule has 0 saturated carbocycles. The summed E-state index contributed by atoms with van der Waals surface area (Å²) in [6.07, 6.45) is 0. The van der Waals surface area contributed by atoms with Crippen molar-refractivity contribution in [1.82, 2.24) is 9.97 Å². The molecule has 3 rings (SSSR count). The lowest BCUT2D eigenvalue weighted by molar-refractivity contribution is -0.113. The van der Waals surface area contributed by atoms with Crippen LogP contribution in [0.2, 0.25) is 0 Å². The first-order chi connectivity index (χ1) is 13.5. The van der Waals surface area contributed by atoms with Crippen molar-refractivity contribution in [3.05, 3.63) is 81.8 Å². The molecule has 0 fully saturated rings. The number of H-pyrrole nitrogens is 1. The number of carbonyl (C=O) groups excluding carboxylic acids is 1. The van der Waals surface area contributed by atoms with Crippen molar-refractivity contribution in [2.45, 2.75) is 29.7 Å². The molecular weight excluding hydrogens is 390 g/mol. The zero-order valence-corrected chi connectivity index (χ0v) is 17.3. The molecule has 2 N–H and O–H groups in total. The Bertz CT molecular complexity index is 999. The predicted molar refractivity (Wildman–Crippen MR) is 116 cm³/mol. The lowest BCUT2D eigenvalue weighted by Gasteiger charge is -2.11. The Hall–Kier alpha value is -2.51. The highest BCUT2D eigenvalue weighted by Gasteiger charge is 2.10. The van der Waals surface area contributed by atoms with Gasteiger partial charge >= 0.3 is 0 Å². The highest BCUT2D eigenvalue weighted by atomic mass is 32.2. The Balaban J connectivity index is 1.60. The molecule has 7 heteroatoms. The van der Waals surface area contributed by atoms with Crippen molar-refractivity contribution in [1.29, 1.82) is 0 Å². The van der Waals surface area contributed by atoms with Crippen molar-refractivity contribution in [3.63, 3.8) is 0 Å². The number of hydrogen-bond donors (Lipinski definition) is 2. The normalized spacial score (nSPS) is 10.6. The lowest BCUT2D eigenvalue weighted by Crippen LogP contribution is -2.17. The van der Waals surface area contributed by atoms with Crippen LogP contribution in [-0.4, -0.2) is 21.6 Å². The van der Waals surface area contributed by atoms with E-state index in [4.69, 9.17) is 0 Å². The van der Waals surface area contributed by atoms with Gasteiger partial charge in [-0.05, 0) is 37.1 Å². The molecule has 0 aliphatic carbocycles. The second kappa shape index (κ2) is 9.61. The maximum Gasteiger partial charge on any atom is 0.251 e. The fourth-order valence-corrected chi connectivity index (χ4v) is 4.13. The molecule has 0 unspecified atom stereocenters. The zero-order valence-electron chi connectivity index (χ0n) is 15.7. The molecule has 28 heavy (non-hydrogen) atoms. The first kappa shape index (κ1) is 20.2. The quantitative estimate of drug-likeness (QED) is 0.445. The van der Waals surface area contributed by atoms with E-state index in [9.17, 15) is 9.59 Å². The molecule has 1 aromatic heterocycles. The van der Waals surface area contributed by atoms with Crippen LogP contribution in [0.1, 0.15) is 16.8 Å². The molecular formula is C21H21N3O2S2. The SMILES string of the molecule is Cc1cccc(C)c1NC(=O)CSc1nc(CSc2ccccc2)cc(=O)[nH]1. The molecule has 0 aliphatic rings. The number of thioether (sulfide) groups is 2. The monoisotopic (exact) mass is 411 g/mol. The summed E-state index contributed by atoms with van der Waals surface area (Å²) >= 11 is 2.84. The number of nitrogens with one attached hydrogen (secondary N) is 2. The Kier molecular flexibility index (Phi) is 6.95. The lowest BCUT2D eigenvalue weighted by atomic mass is 10.1. The van der Waals surface area contributed by atoms with Crippen LogP contribution in [0.3, 0.4) is 0 Å². The van der Waals surface area contributed by atoms with E-state index in [-0.39, 0.29) is 17.2 Å². The van der Waals surface area contributed by atoms with Gasteiger partial charge in [-0.15, -0.1) is 11.8 Å². The highest BCUT2D eigenvalue weighted by Crippen LogP contribution is 2.23. The summed E-state index contributed by atoms with van der Waals surface area (Å²) in [4.78, 5) is 32.5. The van der Waals surface area contributed by atoms with Crippen molar-refractivity contribution >= 4 is 35.1 Å². The van der Waals surface area contributed by atoms with Crippen molar-refractivity contribution in [2.75, 3.05) is 11.1 Å². The summed E-state index contributed by atoms with van der Waals surface area (Å²) in [7, 11) is 0. The number of benzene rings is 2. The summed E-state index contributed by atoms with van der Waals surface area (Å²) in [6.45, 7) is 3.92. The van der Waals surface area contributed by atoms with Gasteiger partial charge in [-0.2, -0.15) is 0 Å². The minimum absolute atomic E-state index is 0.130. The summed E-state index contributed by atoms with van der Waals surface area (Å²) in [5.74, 6) is 0.636. The Morgan fingerprint density at radius 1 is 1.04 bits per heavy atom. The van der Waals surface area contributed by atoms with Gasteiger partial charge < -0.3 is 10.3 Å². The van der Waals surface area contributed by atoms with Crippen molar-refractivity contribution in [3.8, 4) is 0 Å². The van der Waals surface area contributed by atoms with Crippen LogP contribution in [0.4, 0.5) is 5.69 Å². The molecule has 0 radical (unpaired) electrons. The van der Waals surface area contributed by atoms with Gasteiger partial charge in [0.05, 0.1) is 11.4 Å². The number of carbonyl (C=O) groups is 1. The number of aryl methyl sites for hydroxylation is 2. The van der Waals surface area contributed by atoms with E-state index in [1.807, 2.05) is 62.4 Å². The topological polar surface area (TPSA) is 74.8 Å². The second-order valence-corrected chi connectivity index (χ2v) is 8.26. The third-order valence-corrected chi connectivity index (χ3v) is 5.91. The fraction of sp³-hybridized carbons (Fsp3) is 0.190. The van der Waals surface area contributed by atoms with Crippen molar-refractivity contribution < 1.29 is 4.79 Å². The van der Waals surface area contributed by atoms with Gasteiger partial charge in [0, 0.05) is 22.4 Å². The van der Waals surface area contributed by atoms with E-state index in [1.165, 1.54) is 17.8 Å². The third kappa shape index (κ3) is 5.74. The molecule has 1 amide bonds. The van der Waals surface area contributed by atoms with Crippen molar-refractivity contribution in [2.24, 2.45) is 0 Å². The molecule has 0 saturated heterocycles. The average Bonchev–Trinajstić information content (AvgIpc) is 2.68. The third-order valence-electron chi connectivity index (χ3n) is 3.99. The van der Waals surface area contributed by atoms with Crippen LogP contribution < -0.4 is 10.9 Å². The average molecular weight is 412 g/mol. The van der Waals surface area contributed by atoms with E-state index in [0.717, 1.165) is 21.7 Å². The summed E-state index contributed by atoms with van der Waals surface area (Å²) < 4.78 is 0. The maximum absolute atomic E-state index is 12.3. The molecule has 0 spiro atoms. The predicted octanol–water partition coefficient (Wildman–Crippen LogP) is 4.41. The molecule has 0 bridgehead atoms. The van der Waals surface area contributed by atoms with Gasteiger partial charge in [-0.1, -0.05) is 48.2 Å². The van der Waals surface area contributed by atoms with Crippen LogP contribution in [0.5, 0.6) is 0 Å². The van der Waals surface area contributed by atoms with Gasteiger partial charge in [-0.3, -0.25) is 9.59 Å². The Morgan fingerprint density at radius 3 is 2.46 bits per heavy atom. The standard InChI is InChI=1S/C21H21N3O2S2/c1-14-7-6-8-15(2)20(14)23-19(26)13-28-21-22-16(11-18(25)24-21)12-27-17-9-4-3-5-10-17/h3-11H,12-13H2,1-2H3,(H,23,26)(H,22,24,25). The molecule has 144 valence electrons. The minimum atomic E-state index is -0.212. The van der Waals surface area contributed by atoms with Gasteiger partial charge in [0.2, 0.25) is 5.91 Å². The van der Waals surface area contributed by atoms with E-state index in [2.05, 4.69) is 15.3 Å². The van der Waals surface area contributed by atoms with Gasteiger partial charge in [0.15, 0.2) is 5.16 Å². The number of rotatable bonds is 7. The number of aromatic amines is 1. The molecule has 0 aliphatic heterocycles. The second-order valence-electron chi connectivity index (χ2n) is 6.25. The zero-order chi connectivity index (χ0) is 19.9. The first-order valence-corrected chi connectivity index (χ1v) is 10.8. The molecule has 3 aromatic rings. The number of hydrogen-bond acceptors (Lipinski definition) is 5. The highest BCUT2D eigenvalue weighted by molar-refractivity contribution is 7.99. The summed E-state index contributed by atoms with van der Waals surface area (Å²) in [5.41, 5.74) is 3.35. The number of nitrogens with zero attached hydrogens (tertiary/aromatic N) is 1. The number of anilines is 1. The van der Waals surface area contributed by atoms with Crippen LogP contribution in [0.15, 0.2) is 69.4 Å². The van der Waals surface area contributed by atoms with E-state index in [0.29, 0.717) is 16.6 Å². The van der Waals surface area contributed by atoms with E-state index < -0.39 is 0 Å². The number of amides is 1. The van der Waals surface area contributed by atoms with Crippen LogP contribution >= 0.6 is 23.5 Å². The number of aromatic nitrogens is 2. The summed E-state index contributed by atoms with van der Waals surface area (Å²) in [6, 6.07) is 17.3. The van der Waals surface area contributed by atoms with Gasteiger partial charge in [0.1, 0.15) is 0 Å². The Morgan fingerprint density at radius 2 is 1.75 bits per heavy atom. The minimum Gasteiger partial charge on any atom is -0.325 e. The summed E-state index contributed by atoms with van der Waals surface area (Å²) in [5, 5.41) is 3.39. The number of para-hydroxylation sites is 1. The van der Waals surface area contributed by atoms with Gasteiger partial charge in [0.25, 0.3) is 5.56 Å². The van der Waals surface area contributed by atoms with Crippen LogP contribution in [0.25, 0.3) is 0 Å².